The number of aromatic nitrogens is 2. The van der Waals surface area contributed by atoms with Gasteiger partial charge in [-0.05, 0) is 60.0 Å². The van der Waals surface area contributed by atoms with E-state index in [9.17, 15) is 14.4 Å². The molecule has 0 radical (unpaired) electrons. The fraction of sp³-hybridized carbons (Fsp3) is 0.333. The Morgan fingerprint density at radius 2 is 2.00 bits per heavy atom. The molecule has 2 amide bonds. The summed E-state index contributed by atoms with van der Waals surface area (Å²) in [7, 11) is 0. The number of carbonyl (C=O) groups is 2. The third-order valence-corrected chi connectivity index (χ3v) is 7.76. The molecule has 5 rings (SSSR count). The highest BCUT2D eigenvalue weighted by molar-refractivity contribution is 7.18. The molecule has 3 N–H and O–H groups in total. The molecule has 1 aliphatic rings. The lowest BCUT2D eigenvalue weighted by Crippen LogP contribution is -2.40. The molecule has 1 saturated carbocycles. The van der Waals surface area contributed by atoms with Crippen LogP contribution in [0.25, 0.3) is 32.2 Å². The van der Waals surface area contributed by atoms with Crippen molar-refractivity contribution in [3.63, 3.8) is 0 Å². The molecule has 0 bridgehead atoms. The molecule has 0 saturated heterocycles. The summed E-state index contributed by atoms with van der Waals surface area (Å²) >= 11 is 1.30. The van der Waals surface area contributed by atoms with Gasteiger partial charge in [-0.1, -0.05) is 26.3 Å². The lowest BCUT2D eigenvalue weighted by Gasteiger charge is -2.20. The van der Waals surface area contributed by atoms with E-state index in [2.05, 4.69) is 15.6 Å². The quantitative estimate of drug-likeness (QED) is 0.328. The number of nitrogens with zero attached hydrogens (tertiary/aromatic N) is 1. The number of pyridine rings is 1. The summed E-state index contributed by atoms with van der Waals surface area (Å²) in [5, 5.41) is 7.03. The van der Waals surface area contributed by atoms with Gasteiger partial charge >= 0.3 is 0 Å². The third-order valence-electron chi connectivity index (χ3n) is 6.66. The van der Waals surface area contributed by atoms with E-state index in [4.69, 9.17) is 4.98 Å². The zero-order chi connectivity index (χ0) is 25.4. The first-order chi connectivity index (χ1) is 17.3. The lowest BCUT2D eigenvalue weighted by atomic mass is 9.91. The van der Waals surface area contributed by atoms with E-state index in [0.29, 0.717) is 31.9 Å². The predicted molar refractivity (Wildman–Crippen MR) is 140 cm³/mol. The monoisotopic (exact) mass is 506 g/mol. The molecular weight excluding hydrogens is 479 g/mol. The number of aromatic amines is 1. The molecule has 9 heteroatoms. The van der Waals surface area contributed by atoms with E-state index >= 15 is 4.39 Å². The first-order valence-corrected chi connectivity index (χ1v) is 12.9. The lowest BCUT2D eigenvalue weighted by molar-refractivity contribution is -0.127. The van der Waals surface area contributed by atoms with Crippen LogP contribution in [0, 0.1) is 11.7 Å². The summed E-state index contributed by atoms with van der Waals surface area (Å²) in [5.74, 6) is -1.38. The molecule has 7 nitrogen and oxygen atoms in total. The van der Waals surface area contributed by atoms with Crippen LogP contribution in [-0.2, 0) is 9.59 Å². The number of hydrogen-bond donors (Lipinski definition) is 3. The van der Waals surface area contributed by atoms with Gasteiger partial charge in [0.25, 0.3) is 0 Å². The molecule has 0 aliphatic heterocycles. The van der Waals surface area contributed by atoms with Crippen LogP contribution < -0.4 is 16.2 Å². The Kier molecular flexibility index (Phi) is 6.57. The van der Waals surface area contributed by atoms with E-state index in [0.717, 1.165) is 24.6 Å². The van der Waals surface area contributed by atoms with E-state index < -0.39 is 5.92 Å². The van der Waals surface area contributed by atoms with Gasteiger partial charge in [0.05, 0.1) is 22.7 Å². The van der Waals surface area contributed by atoms with Crippen LogP contribution in [0.2, 0.25) is 0 Å². The van der Waals surface area contributed by atoms with Gasteiger partial charge in [0.1, 0.15) is 10.8 Å². The van der Waals surface area contributed by atoms with Crippen molar-refractivity contribution in [2.24, 2.45) is 5.92 Å². The van der Waals surface area contributed by atoms with Gasteiger partial charge in [-0.3, -0.25) is 14.4 Å². The summed E-state index contributed by atoms with van der Waals surface area (Å²) < 4.78 is 15.8. The van der Waals surface area contributed by atoms with Crippen molar-refractivity contribution in [2.75, 3.05) is 6.54 Å². The van der Waals surface area contributed by atoms with Crippen molar-refractivity contribution in [2.45, 2.75) is 45.1 Å². The molecule has 2 atom stereocenters. The van der Waals surface area contributed by atoms with Gasteiger partial charge in [0.15, 0.2) is 0 Å². The number of carbonyl (C=O) groups excluding carboxylic acids is 2. The summed E-state index contributed by atoms with van der Waals surface area (Å²) in [5.41, 5.74) is 2.16. The van der Waals surface area contributed by atoms with Crippen molar-refractivity contribution in [1.29, 1.82) is 0 Å². The number of nitrogens with one attached hydrogen (secondary N) is 3. The molecular formula is C27H27FN4O3S. The van der Waals surface area contributed by atoms with Crippen molar-refractivity contribution in [3.8, 4) is 11.1 Å². The second-order valence-corrected chi connectivity index (χ2v) is 10.5. The predicted octanol–water partition coefficient (Wildman–Crippen LogP) is 4.47. The minimum atomic E-state index is -0.537. The number of thiazole rings is 1. The Hall–Kier alpha value is -3.59. The van der Waals surface area contributed by atoms with E-state index in [1.54, 1.807) is 24.3 Å². The molecule has 36 heavy (non-hydrogen) atoms. The van der Waals surface area contributed by atoms with Gasteiger partial charge in [-0.2, -0.15) is 0 Å². The number of H-pyrrole nitrogens is 1. The summed E-state index contributed by atoms with van der Waals surface area (Å²) in [4.78, 5) is 44.2. The van der Waals surface area contributed by atoms with Gasteiger partial charge in [-0.25, -0.2) is 9.37 Å². The average Bonchev–Trinajstić information content (AvgIpc) is 3.58. The standard InChI is InChI=1S/C27H27FN4O3S/c1-3-14(2)25(26(35)29-13-24(34)30-17-6-7-17)27-32-21-11-18(19(28)12-22(21)36-27)15-4-8-20-16(10-15)5-9-23(33)31-20/h4-5,8-12,14,17,25H,3,6-7,13H2,1-2H3,(H,29,35)(H,30,34)(H,31,33). The van der Waals surface area contributed by atoms with Crippen molar-refractivity contribution in [1.82, 2.24) is 20.6 Å². The van der Waals surface area contributed by atoms with Crippen LogP contribution in [-0.4, -0.2) is 34.4 Å². The van der Waals surface area contributed by atoms with Gasteiger partial charge in [0.2, 0.25) is 17.4 Å². The van der Waals surface area contributed by atoms with Crippen molar-refractivity contribution < 1.29 is 14.0 Å². The number of hydrogen-bond acceptors (Lipinski definition) is 5. The van der Waals surface area contributed by atoms with Gasteiger partial charge in [-0.15, -0.1) is 11.3 Å². The van der Waals surface area contributed by atoms with E-state index in [1.165, 1.54) is 23.5 Å². The normalized spacial score (nSPS) is 15.1. The third kappa shape index (κ3) is 5.02. The highest BCUT2D eigenvalue weighted by Crippen LogP contribution is 2.36. The van der Waals surface area contributed by atoms with Crippen LogP contribution >= 0.6 is 11.3 Å². The second-order valence-electron chi connectivity index (χ2n) is 9.40. The van der Waals surface area contributed by atoms with Crippen LogP contribution in [0.4, 0.5) is 4.39 Å². The molecule has 1 aliphatic carbocycles. The molecule has 2 aromatic carbocycles. The maximum absolute atomic E-state index is 15.2. The Labute approximate surface area is 211 Å². The Bertz CT molecular complexity index is 1520. The Morgan fingerprint density at radius 1 is 1.19 bits per heavy atom. The van der Waals surface area contributed by atoms with Crippen LogP contribution in [0.1, 0.15) is 44.0 Å². The fourth-order valence-corrected chi connectivity index (χ4v) is 5.48. The molecule has 2 heterocycles. The number of amides is 2. The second kappa shape index (κ2) is 9.81. The van der Waals surface area contributed by atoms with Gasteiger partial charge < -0.3 is 15.6 Å². The maximum Gasteiger partial charge on any atom is 0.248 e. The first-order valence-electron chi connectivity index (χ1n) is 12.1. The molecule has 2 unspecified atom stereocenters. The number of rotatable bonds is 8. The summed E-state index contributed by atoms with van der Waals surface area (Å²) in [6.45, 7) is 3.91. The topological polar surface area (TPSA) is 104 Å². The zero-order valence-electron chi connectivity index (χ0n) is 20.1. The van der Waals surface area contributed by atoms with Crippen LogP contribution in [0.5, 0.6) is 0 Å². The minimum Gasteiger partial charge on any atom is -0.352 e. The molecule has 2 aromatic heterocycles. The zero-order valence-corrected chi connectivity index (χ0v) is 20.9. The van der Waals surface area contributed by atoms with Crippen LogP contribution in [0.3, 0.4) is 0 Å². The average molecular weight is 507 g/mol. The molecule has 4 aromatic rings. The molecule has 1 fully saturated rings. The number of benzene rings is 2. The van der Waals surface area contributed by atoms with Gasteiger partial charge in [0, 0.05) is 23.2 Å². The van der Waals surface area contributed by atoms with Crippen molar-refractivity contribution >= 4 is 44.3 Å². The highest BCUT2D eigenvalue weighted by atomic mass is 32.1. The van der Waals surface area contributed by atoms with Crippen LogP contribution in [0.15, 0.2) is 47.3 Å². The molecule has 186 valence electrons. The first kappa shape index (κ1) is 24.1. The number of fused-ring (bicyclic) bond motifs is 2. The summed E-state index contributed by atoms with van der Waals surface area (Å²) in [6, 6.07) is 11.9. The summed E-state index contributed by atoms with van der Waals surface area (Å²) in [6.07, 6.45) is 2.72. The smallest absolute Gasteiger partial charge is 0.248 e. The minimum absolute atomic E-state index is 0.0102. The Balaban J connectivity index is 1.44. The molecule has 0 spiro atoms. The van der Waals surface area contributed by atoms with E-state index in [1.807, 2.05) is 19.9 Å². The SMILES string of the molecule is CCC(C)C(C(=O)NCC(=O)NC1CC1)c1nc2cc(-c3ccc4[nH]c(=O)ccc4c3)c(F)cc2s1. The maximum atomic E-state index is 15.2. The largest absolute Gasteiger partial charge is 0.352 e. The fourth-order valence-electron chi connectivity index (χ4n) is 4.28. The van der Waals surface area contributed by atoms with Crippen molar-refractivity contribution in [3.05, 3.63) is 63.6 Å². The Morgan fingerprint density at radius 3 is 2.75 bits per heavy atom. The number of halogens is 1. The highest BCUT2D eigenvalue weighted by Gasteiger charge is 2.30. The van der Waals surface area contributed by atoms with E-state index in [-0.39, 0.29) is 41.7 Å².